The second-order valence-corrected chi connectivity index (χ2v) is 3.96. The minimum Gasteiger partial charge on any atom is -0.481 e. The molecule has 0 bridgehead atoms. The van der Waals surface area contributed by atoms with E-state index in [0.29, 0.717) is 23.1 Å². The SMILES string of the molecule is O=C(O)CCc1ncc(-c2ccc(Cl)cc2)o1. The number of aromatic nitrogens is 1. The molecule has 0 aliphatic carbocycles. The number of carbonyl (C=O) groups is 1. The Kier molecular flexibility index (Phi) is 3.44. The minimum absolute atomic E-state index is 0.0145. The summed E-state index contributed by atoms with van der Waals surface area (Å²) in [6.45, 7) is 0. The van der Waals surface area contributed by atoms with Gasteiger partial charge in [-0.25, -0.2) is 4.98 Å². The molecule has 0 aliphatic heterocycles. The molecule has 2 aromatic rings. The quantitative estimate of drug-likeness (QED) is 0.907. The summed E-state index contributed by atoms with van der Waals surface area (Å²) < 4.78 is 5.44. The van der Waals surface area contributed by atoms with Crippen molar-refractivity contribution < 1.29 is 14.3 Å². The average Bonchev–Trinajstić information content (AvgIpc) is 2.76. The van der Waals surface area contributed by atoms with Crippen LogP contribution >= 0.6 is 11.6 Å². The van der Waals surface area contributed by atoms with Crippen molar-refractivity contribution in [3.8, 4) is 11.3 Å². The third-order valence-electron chi connectivity index (χ3n) is 2.24. The zero-order valence-electron chi connectivity index (χ0n) is 8.89. The van der Waals surface area contributed by atoms with Gasteiger partial charge in [-0.05, 0) is 24.3 Å². The third kappa shape index (κ3) is 3.07. The summed E-state index contributed by atoms with van der Waals surface area (Å²) in [5.41, 5.74) is 0.864. The van der Waals surface area contributed by atoms with Crippen LogP contribution in [0.4, 0.5) is 0 Å². The fraction of sp³-hybridized carbons (Fsp3) is 0.167. The van der Waals surface area contributed by atoms with Crippen LogP contribution in [-0.2, 0) is 11.2 Å². The number of oxazole rings is 1. The Morgan fingerprint density at radius 1 is 1.35 bits per heavy atom. The second-order valence-electron chi connectivity index (χ2n) is 3.52. The number of carboxylic acids is 1. The van der Waals surface area contributed by atoms with Crippen LogP contribution in [0.25, 0.3) is 11.3 Å². The molecule has 17 heavy (non-hydrogen) atoms. The van der Waals surface area contributed by atoms with Gasteiger partial charge in [-0.15, -0.1) is 0 Å². The van der Waals surface area contributed by atoms with Gasteiger partial charge in [-0.1, -0.05) is 11.6 Å². The van der Waals surface area contributed by atoms with Crippen LogP contribution in [0.15, 0.2) is 34.9 Å². The summed E-state index contributed by atoms with van der Waals surface area (Å²) in [6, 6.07) is 7.17. The maximum Gasteiger partial charge on any atom is 0.303 e. The average molecular weight is 252 g/mol. The molecule has 0 fully saturated rings. The van der Waals surface area contributed by atoms with E-state index in [2.05, 4.69) is 4.98 Å². The zero-order chi connectivity index (χ0) is 12.3. The van der Waals surface area contributed by atoms with E-state index in [1.807, 2.05) is 12.1 Å². The molecule has 1 N–H and O–H groups in total. The molecule has 0 saturated heterocycles. The van der Waals surface area contributed by atoms with Crippen LogP contribution in [0, 0.1) is 0 Å². The smallest absolute Gasteiger partial charge is 0.303 e. The molecule has 0 spiro atoms. The largest absolute Gasteiger partial charge is 0.481 e. The number of benzene rings is 1. The molecular formula is C12H10ClNO3. The maximum absolute atomic E-state index is 10.4. The number of halogens is 1. The van der Waals surface area contributed by atoms with Crippen LogP contribution < -0.4 is 0 Å². The van der Waals surface area contributed by atoms with Crippen molar-refractivity contribution in [1.29, 1.82) is 0 Å². The first-order chi connectivity index (χ1) is 8.15. The highest BCUT2D eigenvalue weighted by molar-refractivity contribution is 6.30. The summed E-state index contributed by atoms with van der Waals surface area (Å²) >= 11 is 5.78. The molecule has 0 aliphatic rings. The number of nitrogens with zero attached hydrogens (tertiary/aromatic N) is 1. The van der Waals surface area contributed by atoms with Gasteiger partial charge in [0.25, 0.3) is 0 Å². The summed E-state index contributed by atoms with van der Waals surface area (Å²) in [5, 5.41) is 9.20. The molecule has 1 aromatic heterocycles. The van der Waals surface area contributed by atoms with Crippen LogP contribution in [0.2, 0.25) is 5.02 Å². The molecule has 1 aromatic carbocycles. The van der Waals surface area contributed by atoms with Crippen molar-refractivity contribution in [1.82, 2.24) is 4.98 Å². The van der Waals surface area contributed by atoms with Gasteiger partial charge in [-0.2, -0.15) is 0 Å². The number of carboxylic acid groups (broad SMARTS) is 1. The molecule has 0 unspecified atom stereocenters. The Hall–Kier alpha value is -1.81. The first-order valence-electron chi connectivity index (χ1n) is 5.07. The van der Waals surface area contributed by atoms with Crippen molar-refractivity contribution >= 4 is 17.6 Å². The minimum atomic E-state index is -0.865. The van der Waals surface area contributed by atoms with Gasteiger partial charge >= 0.3 is 5.97 Å². The lowest BCUT2D eigenvalue weighted by Crippen LogP contribution is -1.97. The van der Waals surface area contributed by atoms with Gasteiger partial charge in [0.15, 0.2) is 11.7 Å². The first kappa shape index (κ1) is 11.7. The van der Waals surface area contributed by atoms with E-state index in [4.69, 9.17) is 21.1 Å². The van der Waals surface area contributed by atoms with Crippen molar-refractivity contribution in [2.45, 2.75) is 12.8 Å². The highest BCUT2D eigenvalue weighted by Crippen LogP contribution is 2.22. The third-order valence-corrected chi connectivity index (χ3v) is 2.49. The zero-order valence-corrected chi connectivity index (χ0v) is 9.65. The Morgan fingerprint density at radius 2 is 2.06 bits per heavy atom. The van der Waals surface area contributed by atoms with Crippen LogP contribution in [0.3, 0.4) is 0 Å². The van der Waals surface area contributed by atoms with Gasteiger partial charge < -0.3 is 9.52 Å². The van der Waals surface area contributed by atoms with E-state index >= 15 is 0 Å². The van der Waals surface area contributed by atoms with E-state index in [1.54, 1.807) is 18.3 Å². The van der Waals surface area contributed by atoms with Crippen LogP contribution in [0.5, 0.6) is 0 Å². The Bertz CT molecular complexity index is 519. The van der Waals surface area contributed by atoms with Crippen molar-refractivity contribution in [3.63, 3.8) is 0 Å². The lowest BCUT2D eigenvalue weighted by Gasteiger charge is -1.96. The highest BCUT2D eigenvalue weighted by Gasteiger charge is 2.07. The Balaban J connectivity index is 2.12. The highest BCUT2D eigenvalue weighted by atomic mass is 35.5. The Morgan fingerprint density at radius 3 is 2.71 bits per heavy atom. The van der Waals surface area contributed by atoms with Gasteiger partial charge in [0.05, 0.1) is 12.6 Å². The number of aryl methyl sites for hydroxylation is 1. The van der Waals surface area contributed by atoms with E-state index in [1.165, 1.54) is 0 Å². The molecule has 2 rings (SSSR count). The number of aliphatic carboxylic acids is 1. The standard InChI is InChI=1S/C12H10ClNO3/c13-9-3-1-8(2-4-9)10-7-14-11(17-10)5-6-12(15)16/h1-4,7H,5-6H2,(H,15,16). The van der Waals surface area contributed by atoms with Crippen molar-refractivity contribution in [2.75, 3.05) is 0 Å². The van der Waals surface area contributed by atoms with Crippen LogP contribution in [-0.4, -0.2) is 16.1 Å². The molecule has 0 saturated carbocycles. The number of hydrogen-bond donors (Lipinski definition) is 1. The fourth-order valence-corrected chi connectivity index (χ4v) is 1.51. The second kappa shape index (κ2) is 5.01. The molecule has 5 heteroatoms. The number of hydrogen-bond acceptors (Lipinski definition) is 3. The number of rotatable bonds is 4. The summed E-state index contributed by atoms with van der Waals surface area (Å²) in [5.74, 6) is 0.177. The van der Waals surface area contributed by atoms with Gasteiger partial charge in [0, 0.05) is 17.0 Å². The van der Waals surface area contributed by atoms with Gasteiger partial charge in [0.1, 0.15) is 0 Å². The molecule has 0 radical (unpaired) electrons. The normalized spacial score (nSPS) is 10.4. The van der Waals surface area contributed by atoms with E-state index < -0.39 is 5.97 Å². The first-order valence-corrected chi connectivity index (χ1v) is 5.45. The molecule has 4 nitrogen and oxygen atoms in total. The molecule has 1 heterocycles. The van der Waals surface area contributed by atoms with Crippen molar-refractivity contribution in [2.24, 2.45) is 0 Å². The fourth-order valence-electron chi connectivity index (χ4n) is 1.39. The van der Waals surface area contributed by atoms with E-state index in [0.717, 1.165) is 5.56 Å². The summed E-state index contributed by atoms with van der Waals surface area (Å²) in [7, 11) is 0. The Labute approximate surface area is 103 Å². The summed E-state index contributed by atoms with van der Waals surface area (Å²) in [4.78, 5) is 14.4. The van der Waals surface area contributed by atoms with Gasteiger partial charge in [-0.3, -0.25) is 4.79 Å². The molecular weight excluding hydrogens is 242 g/mol. The molecule has 0 amide bonds. The predicted octanol–water partition coefficient (Wildman–Crippen LogP) is 3.01. The summed E-state index contributed by atoms with van der Waals surface area (Å²) in [6.07, 6.45) is 1.89. The van der Waals surface area contributed by atoms with Gasteiger partial charge in [0.2, 0.25) is 0 Å². The monoisotopic (exact) mass is 251 g/mol. The predicted molar refractivity (Wildman–Crippen MR) is 62.9 cm³/mol. The van der Waals surface area contributed by atoms with Crippen LogP contribution in [0.1, 0.15) is 12.3 Å². The molecule has 0 atom stereocenters. The lowest BCUT2D eigenvalue weighted by atomic mass is 10.2. The van der Waals surface area contributed by atoms with Crippen molar-refractivity contribution in [3.05, 3.63) is 41.4 Å². The molecule has 88 valence electrons. The lowest BCUT2D eigenvalue weighted by molar-refractivity contribution is -0.137. The van der Waals surface area contributed by atoms with E-state index in [9.17, 15) is 4.79 Å². The topological polar surface area (TPSA) is 63.3 Å². The maximum atomic E-state index is 10.4. The van der Waals surface area contributed by atoms with E-state index in [-0.39, 0.29) is 6.42 Å².